The molecule has 2 aromatic rings. The molecule has 0 aromatic heterocycles. The van der Waals surface area contributed by atoms with Crippen molar-refractivity contribution in [3.8, 4) is 11.5 Å². The smallest absolute Gasteiger partial charge is 0.241 e. The Balaban J connectivity index is 1.97. The summed E-state index contributed by atoms with van der Waals surface area (Å²) in [7, 11) is -3.64. The summed E-state index contributed by atoms with van der Waals surface area (Å²) in [5.74, 6) is 0.930. The van der Waals surface area contributed by atoms with Crippen molar-refractivity contribution in [1.29, 1.82) is 0 Å². The monoisotopic (exact) mass is 434 g/mol. The van der Waals surface area contributed by atoms with Gasteiger partial charge in [-0.1, -0.05) is 17.7 Å². The first-order valence-corrected chi connectivity index (χ1v) is 11.6. The maximum absolute atomic E-state index is 12.5. The lowest BCUT2D eigenvalue weighted by Gasteiger charge is -2.23. The molecule has 2 aromatic carbocycles. The van der Waals surface area contributed by atoms with Crippen molar-refractivity contribution < 1.29 is 22.7 Å². The first-order valence-electron chi connectivity index (χ1n) is 9.78. The topological polar surface area (TPSA) is 84.9 Å². The quantitative estimate of drug-likeness (QED) is 0.621. The minimum atomic E-state index is -3.64. The van der Waals surface area contributed by atoms with Crippen molar-refractivity contribution in [2.75, 3.05) is 23.7 Å². The van der Waals surface area contributed by atoms with Gasteiger partial charge in [-0.05, 0) is 64.1 Å². The van der Waals surface area contributed by atoms with E-state index in [0.29, 0.717) is 17.2 Å². The SMILES string of the molecule is Cc1ccc(OC[C@H](C)NC(=O)CN(c2ccc(OC(C)C)cc2)S(C)(=O)=O)cc1. The number of carbonyl (C=O) groups is 1. The molecular formula is C22H30N2O5S. The van der Waals surface area contributed by atoms with Gasteiger partial charge >= 0.3 is 0 Å². The van der Waals surface area contributed by atoms with E-state index < -0.39 is 15.9 Å². The van der Waals surface area contributed by atoms with Gasteiger partial charge in [-0.2, -0.15) is 0 Å². The standard InChI is InChI=1S/C22H30N2O5S/c1-16(2)29-21-12-8-19(9-13-21)24(30(5,26)27)14-22(25)23-18(4)15-28-20-10-6-17(3)7-11-20/h6-13,16,18H,14-15H2,1-5H3,(H,23,25)/t18-/m0/s1. The summed E-state index contributed by atoms with van der Waals surface area (Å²) in [6.07, 6.45) is 1.08. The van der Waals surface area contributed by atoms with E-state index in [9.17, 15) is 13.2 Å². The summed E-state index contributed by atoms with van der Waals surface area (Å²) in [6, 6.07) is 13.9. The van der Waals surface area contributed by atoms with Crippen molar-refractivity contribution >= 4 is 21.6 Å². The molecule has 1 N–H and O–H groups in total. The van der Waals surface area contributed by atoms with Gasteiger partial charge in [0.15, 0.2) is 0 Å². The summed E-state index contributed by atoms with van der Waals surface area (Å²) in [4.78, 5) is 12.5. The normalized spacial score (nSPS) is 12.3. The fourth-order valence-corrected chi connectivity index (χ4v) is 3.57. The number of benzene rings is 2. The van der Waals surface area contributed by atoms with Crippen LogP contribution in [0.3, 0.4) is 0 Å². The Labute approximate surface area is 179 Å². The molecule has 1 amide bonds. The molecule has 0 spiro atoms. The number of sulfonamides is 1. The van der Waals surface area contributed by atoms with Crippen LogP contribution in [0.1, 0.15) is 26.3 Å². The summed E-state index contributed by atoms with van der Waals surface area (Å²) in [5, 5.41) is 2.78. The average molecular weight is 435 g/mol. The molecule has 0 aliphatic heterocycles. The van der Waals surface area contributed by atoms with Crippen LogP contribution in [0, 0.1) is 6.92 Å². The number of ether oxygens (including phenoxy) is 2. The molecule has 2 rings (SSSR count). The van der Waals surface area contributed by atoms with Crippen LogP contribution in [0.2, 0.25) is 0 Å². The lowest BCUT2D eigenvalue weighted by atomic mass is 10.2. The molecule has 1 atom stereocenters. The van der Waals surface area contributed by atoms with Crippen LogP contribution in [-0.4, -0.2) is 45.9 Å². The van der Waals surface area contributed by atoms with E-state index in [1.165, 1.54) is 0 Å². The van der Waals surface area contributed by atoms with Gasteiger partial charge in [-0.15, -0.1) is 0 Å². The third-order valence-corrected chi connectivity index (χ3v) is 5.25. The second-order valence-electron chi connectivity index (χ2n) is 7.52. The van der Waals surface area contributed by atoms with Crippen molar-refractivity contribution in [3.63, 3.8) is 0 Å². The second-order valence-corrected chi connectivity index (χ2v) is 9.43. The van der Waals surface area contributed by atoms with Gasteiger partial charge in [0, 0.05) is 0 Å². The molecule has 0 bridgehead atoms. The predicted octanol–water partition coefficient (Wildman–Crippen LogP) is 3.13. The first kappa shape index (κ1) is 23.5. The van der Waals surface area contributed by atoms with E-state index >= 15 is 0 Å². The highest BCUT2D eigenvalue weighted by molar-refractivity contribution is 7.92. The molecule has 30 heavy (non-hydrogen) atoms. The molecule has 0 radical (unpaired) electrons. The highest BCUT2D eigenvalue weighted by Gasteiger charge is 2.22. The summed E-state index contributed by atoms with van der Waals surface area (Å²) in [5.41, 5.74) is 1.53. The van der Waals surface area contributed by atoms with Crippen molar-refractivity contribution in [2.45, 2.75) is 39.8 Å². The number of carbonyl (C=O) groups excluding carboxylic acids is 1. The van der Waals surface area contributed by atoms with Crippen LogP contribution in [0.4, 0.5) is 5.69 Å². The minimum absolute atomic E-state index is 0.0104. The molecular weight excluding hydrogens is 404 g/mol. The number of hydrogen-bond acceptors (Lipinski definition) is 5. The molecule has 0 saturated carbocycles. The zero-order chi connectivity index (χ0) is 22.3. The number of nitrogens with one attached hydrogen (secondary N) is 1. The van der Waals surface area contributed by atoms with Crippen LogP contribution in [0.25, 0.3) is 0 Å². The van der Waals surface area contributed by atoms with E-state index in [1.54, 1.807) is 31.2 Å². The van der Waals surface area contributed by atoms with Gasteiger partial charge in [-0.25, -0.2) is 8.42 Å². The van der Waals surface area contributed by atoms with Crippen LogP contribution in [0.5, 0.6) is 11.5 Å². The van der Waals surface area contributed by atoms with Gasteiger partial charge < -0.3 is 14.8 Å². The average Bonchev–Trinajstić information content (AvgIpc) is 2.65. The predicted molar refractivity (Wildman–Crippen MR) is 119 cm³/mol. The maximum atomic E-state index is 12.5. The van der Waals surface area contributed by atoms with E-state index in [1.807, 2.05) is 45.0 Å². The zero-order valence-corrected chi connectivity index (χ0v) is 18.9. The van der Waals surface area contributed by atoms with Gasteiger partial charge in [0.2, 0.25) is 15.9 Å². The Morgan fingerprint density at radius 2 is 1.57 bits per heavy atom. The number of hydrogen-bond donors (Lipinski definition) is 1. The van der Waals surface area contributed by atoms with Gasteiger partial charge in [0.1, 0.15) is 24.7 Å². The molecule has 0 heterocycles. The van der Waals surface area contributed by atoms with Crippen LogP contribution >= 0.6 is 0 Å². The molecule has 8 heteroatoms. The number of anilines is 1. The van der Waals surface area contributed by atoms with E-state index in [2.05, 4.69) is 5.32 Å². The second kappa shape index (κ2) is 10.3. The Hall–Kier alpha value is -2.74. The van der Waals surface area contributed by atoms with E-state index in [-0.39, 0.29) is 25.3 Å². The Morgan fingerprint density at radius 3 is 2.10 bits per heavy atom. The molecule has 0 saturated heterocycles. The number of rotatable bonds is 10. The van der Waals surface area contributed by atoms with E-state index in [0.717, 1.165) is 16.1 Å². The first-order chi connectivity index (χ1) is 14.0. The van der Waals surface area contributed by atoms with Gasteiger partial charge in [0.05, 0.1) is 24.1 Å². The summed E-state index contributed by atoms with van der Waals surface area (Å²) >= 11 is 0. The molecule has 0 aliphatic rings. The third kappa shape index (κ3) is 7.59. The largest absolute Gasteiger partial charge is 0.491 e. The van der Waals surface area contributed by atoms with Crippen molar-refractivity contribution in [2.24, 2.45) is 0 Å². The van der Waals surface area contributed by atoms with Crippen LogP contribution < -0.4 is 19.1 Å². The van der Waals surface area contributed by atoms with Gasteiger partial charge in [0.25, 0.3) is 0 Å². The summed E-state index contributed by atoms with van der Waals surface area (Å²) in [6.45, 7) is 7.56. The zero-order valence-electron chi connectivity index (χ0n) is 18.1. The number of nitrogens with zero attached hydrogens (tertiary/aromatic N) is 1. The molecule has 0 aliphatic carbocycles. The molecule has 0 unspecified atom stereocenters. The van der Waals surface area contributed by atoms with Crippen LogP contribution in [-0.2, 0) is 14.8 Å². The molecule has 7 nitrogen and oxygen atoms in total. The fraction of sp³-hybridized carbons (Fsp3) is 0.409. The lowest BCUT2D eigenvalue weighted by molar-refractivity contribution is -0.120. The highest BCUT2D eigenvalue weighted by atomic mass is 32.2. The number of amides is 1. The van der Waals surface area contributed by atoms with Crippen molar-refractivity contribution in [3.05, 3.63) is 54.1 Å². The Kier molecular flexibility index (Phi) is 8.11. The highest BCUT2D eigenvalue weighted by Crippen LogP contribution is 2.22. The van der Waals surface area contributed by atoms with E-state index in [4.69, 9.17) is 9.47 Å². The Morgan fingerprint density at radius 1 is 1.00 bits per heavy atom. The fourth-order valence-electron chi connectivity index (χ4n) is 2.71. The third-order valence-electron chi connectivity index (χ3n) is 4.11. The Bertz CT molecular complexity index is 925. The lowest BCUT2D eigenvalue weighted by Crippen LogP contribution is -2.44. The van der Waals surface area contributed by atoms with Crippen LogP contribution in [0.15, 0.2) is 48.5 Å². The maximum Gasteiger partial charge on any atom is 0.241 e. The van der Waals surface area contributed by atoms with Crippen molar-refractivity contribution in [1.82, 2.24) is 5.32 Å². The molecule has 0 fully saturated rings. The van der Waals surface area contributed by atoms with Gasteiger partial charge in [-0.3, -0.25) is 9.10 Å². The molecule has 164 valence electrons. The number of aryl methyl sites for hydroxylation is 1. The minimum Gasteiger partial charge on any atom is -0.491 e. The summed E-state index contributed by atoms with van der Waals surface area (Å²) < 4.78 is 36.8.